The molecule has 0 saturated carbocycles. The second-order valence-corrected chi connectivity index (χ2v) is 8.11. The van der Waals surface area contributed by atoms with E-state index in [9.17, 15) is 8.42 Å². The Kier molecular flexibility index (Phi) is 6.26. The van der Waals surface area contributed by atoms with Crippen molar-refractivity contribution in [2.24, 2.45) is 5.73 Å². The molecule has 0 saturated heterocycles. The van der Waals surface area contributed by atoms with Crippen LogP contribution < -0.4 is 5.73 Å². The number of rotatable bonds is 6. The van der Waals surface area contributed by atoms with E-state index in [1.54, 1.807) is 0 Å². The molecule has 4 nitrogen and oxygen atoms in total. The van der Waals surface area contributed by atoms with E-state index in [4.69, 9.17) is 17.3 Å². The zero-order valence-corrected chi connectivity index (χ0v) is 14.1. The van der Waals surface area contributed by atoms with Crippen LogP contribution in [0.3, 0.4) is 0 Å². The van der Waals surface area contributed by atoms with E-state index < -0.39 is 9.84 Å². The highest BCUT2D eigenvalue weighted by Crippen LogP contribution is 2.28. The quantitative estimate of drug-likeness (QED) is 0.834. The second kappa shape index (κ2) is 7.04. The number of hydrogen-bond acceptors (Lipinski definition) is 4. The van der Waals surface area contributed by atoms with Gasteiger partial charge in [0, 0.05) is 34.9 Å². The summed E-state index contributed by atoms with van der Waals surface area (Å²) in [5.41, 5.74) is 6.70. The first-order valence-electron chi connectivity index (χ1n) is 5.77. The molecule has 0 aliphatic carbocycles. The van der Waals surface area contributed by atoms with E-state index in [-0.39, 0.29) is 11.8 Å². The summed E-state index contributed by atoms with van der Waals surface area (Å²) in [6, 6.07) is 5.52. The third-order valence-corrected chi connectivity index (χ3v) is 4.64. The minimum Gasteiger partial charge on any atom is -0.329 e. The second-order valence-electron chi connectivity index (χ2n) is 4.53. The summed E-state index contributed by atoms with van der Waals surface area (Å²) in [6.07, 6.45) is 1.23. The van der Waals surface area contributed by atoms with E-state index in [0.717, 1.165) is 10.0 Å². The van der Waals surface area contributed by atoms with Crippen molar-refractivity contribution in [2.75, 3.05) is 32.1 Å². The SMILES string of the molecule is CN(CCS(C)(=O)=O)C(CN)c1ccc(Br)cc1Cl. The highest BCUT2D eigenvalue weighted by atomic mass is 79.9. The molecule has 0 aromatic heterocycles. The van der Waals surface area contributed by atoms with E-state index >= 15 is 0 Å². The smallest absolute Gasteiger partial charge is 0.148 e. The first-order chi connectivity index (χ1) is 8.74. The van der Waals surface area contributed by atoms with Gasteiger partial charge in [0.2, 0.25) is 0 Å². The van der Waals surface area contributed by atoms with Crippen molar-refractivity contribution in [3.8, 4) is 0 Å². The Hall–Kier alpha value is -0.140. The van der Waals surface area contributed by atoms with Gasteiger partial charge in [0.1, 0.15) is 9.84 Å². The largest absolute Gasteiger partial charge is 0.329 e. The molecule has 0 aliphatic rings. The van der Waals surface area contributed by atoms with Crippen LogP contribution in [0.4, 0.5) is 0 Å². The van der Waals surface area contributed by atoms with Crippen LogP contribution in [0, 0.1) is 0 Å². The first kappa shape index (κ1) is 16.9. The van der Waals surface area contributed by atoms with E-state index in [1.807, 2.05) is 30.1 Å². The average Bonchev–Trinajstić information content (AvgIpc) is 2.29. The number of hydrogen-bond donors (Lipinski definition) is 1. The molecule has 7 heteroatoms. The lowest BCUT2D eigenvalue weighted by Crippen LogP contribution is -2.34. The van der Waals surface area contributed by atoms with Gasteiger partial charge in [-0.3, -0.25) is 4.90 Å². The molecule has 1 rings (SSSR count). The number of sulfone groups is 1. The summed E-state index contributed by atoms with van der Waals surface area (Å²) in [7, 11) is -1.13. The molecule has 0 radical (unpaired) electrons. The Morgan fingerprint density at radius 2 is 2.11 bits per heavy atom. The van der Waals surface area contributed by atoms with Gasteiger partial charge in [-0.2, -0.15) is 0 Å². The van der Waals surface area contributed by atoms with Gasteiger partial charge < -0.3 is 5.73 Å². The van der Waals surface area contributed by atoms with Crippen LogP contribution in [0.1, 0.15) is 11.6 Å². The zero-order chi connectivity index (χ0) is 14.6. The number of nitrogens with zero attached hydrogens (tertiary/aromatic N) is 1. The standard InChI is InChI=1S/C12H18BrClN2O2S/c1-16(5-6-19(2,17)18)12(8-15)10-4-3-9(13)7-11(10)14/h3-4,7,12H,5-6,8,15H2,1-2H3. The summed E-state index contributed by atoms with van der Waals surface area (Å²) < 4.78 is 23.3. The summed E-state index contributed by atoms with van der Waals surface area (Å²) >= 11 is 9.56. The number of nitrogens with two attached hydrogens (primary N) is 1. The monoisotopic (exact) mass is 368 g/mol. The van der Waals surface area contributed by atoms with Crippen LogP contribution in [0.25, 0.3) is 0 Å². The van der Waals surface area contributed by atoms with Gasteiger partial charge >= 0.3 is 0 Å². The highest BCUT2D eigenvalue weighted by Gasteiger charge is 2.19. The van der Waals surface area contributed by atoms with Gasteiger partial charge in [-0.15, -0.1) is 0 Å². The summed E-state index contributed by atoms with van der Waals surface area (Å²) in [4.78, 5) is 1.91. The summed E-state index contributed by atoms with van der Waals surface area (Å²) in [6.45, 7) is 0.800. The molecule has 1 aromatic rings. The third kappa shape index (κ3) is 5.39. The first-order valence-corrected chi connectivity index (χ1v) is 9.00. The fourth-order valence-corrected chi connectivity index (χ4v) is 3.20. The van der Waals surface area contributed by atoms with Crippen molar-refractivity contribution in [1.29, 1.82) is 0 Å². The van der Waals surface area contributed by atoms with E-state index in [2.05, 4.69) is 15.9 Å². The van der Waals surface area contributed by atoms with Gasteiger partial charge in [-0.25, -0.2) is 8.42 Å². The van der Waals surface area contributed by atoms with Crippen molar-refractivity contribution in [3.05, 3.63) is 33.3 Å². The maximum absolute atomic E-state index is 11.2. The van der Waals surface area contributed by atoms with Gasteiger partial charge in [0.15, 0.2) is 0 Å². The third-order valence-electron chi connectivity index (χ3n) is 2.89. The lowest BCUT2D eigenvalue weighted by Gasteiger charge is -2.27. The Balaban J connectivity index is 2.87. The fourth-order valence-electron chi connectivity index (χ4n) is 1.78. The molecule has 1 aromatic carbocycles. The zero-order valence-electron chi connectivity index (χ0n) is 10.9. The molecular formula is C12H18BrClN2O2S. The van der Waals surface area contributed by atoms with Crippen molar-refractivity contribution in [1.82, 2.24) is 4.90 Å². The molecule has 0 spiro atoms. The molecule has 19 heavy (non-hydrogen) atoms. The molecule has 0 heterocycles. The van der Waals surface area contributed by atoms with E-state index in [0.29, 0.717) is 18.1 Å². The van der Waals surface area contributed by atoms with Crippen LogP contribution in [0.15, 0.2) is 22.7 Å². The Morgan fingerprint density at radius 3 is 2.58 bits per heavy atom. The molecular weight excluding hydrogens is 352 g/mol. The molecule has 1 unspecified atom stereocenters. The van der Waals surface area contributed by atoms with Crippen LogP contribution in [-0.4, -0.2) is 45.5 Å². The Bertz CT molecular complexity index is 537. The fraction of sp³-hybridized carbons (Fsp3) is 0.500. The summed E-state index contributed by atoms with van der Waals surface area (Å²) in [5, 5.41) is 0.621. The van der Waals surface area contributed by atoms with Gasteiger partial charge in [-0.1, -0.05) is 33.6 Å². The van der Waals surface area contributed by atoms with Crippen LogP contribution in [0.5, 0.6) is 0 Å². The molecule has 0 amide bonds. The lowest BCUT2D eigenvalue weighted by atomic mass is 10.1. The Labute approximate surface area is 128 Å². The molecule has 0 bridgehead atoms. The minimum atomic E-state index is -2.98. The number of halogens is 2. The van der Waals surface area contributed by atoms with Crippen LogP contribution in [-0.2, 0) is 9.84 Å². The van der Waals surface area contributed by atoms with E-state index in [1.165, 1.54) is 6.26 Å². The maximum Gasteiger partial charge on any atom is 0.148 e. The molecule has 1 atom stereocenters. The topological polar surface area (TPSA) is 63.4 Å². The van der Waals surface area contributed by atoms with Crippen molar-refractivity contribution in [2.45, 2.75) is 6.04 Å². The van der Waals surface area contributed by atoms with Crippen LogP contribution >= 0.6 is 27.5 Å². The molecule has 0 fully saturated rings. The predicted molar refractivity (Wildman–Crippen MR) is 83.3 cm³/mol. The Morgan fingerprint density at radius 1 is 1.47 bits per heavy atom. The average molecular weight is 370 g/mol. The van der Waals surface area contributed by atoms with Crippen molar-refractivity contribution >= 4 is 37.4 Å². The van der Waals surface area contributed by atoms with Gasteiger partial charge in [0.25, 0.3) is 0 Å². The molecule has 2 N–H and O–H groups in total. The maximum atomic E-state index is 11.2. The normalized spacial score (nSPS) is 13.8. The van der Waals surface area contributed by atoms with Crippen molar-refractivity contribution < 1.29 is 8.42 Å². The molecule has 0 aliphatic heterocycles. The predicted octanol–water partition coefficient (Wildman–Crippen LogP) is 2.08. The van der Waals surface area contributed by atoms with Crippen LogP contribution in [0.2, 0.25) is 5.02 Å². The van der Waals surface area contributed by atoms with Gasteiger partial charge in [-0.05, 0) is 24.7 Å². The van der Waals surface area contributed by atoms with Gasteiger partial charge in [0.05, 0.1) is 5.75 Å². The minimum absolute atomic E-state index is 0.0950. The number of likely N-dealkylation sites (N-methyl/N-ethyl adjacent to an activating group) is 1. The highest BCUT2D eigenvalue weighted by molar-refractivity contribution is 9.10. The van der Waals surface area contributed by atoms with Crippen molar-refractivity contribution in [3.63, 3.8) is 0 Å². The number of benzene rings is 1. The lowest BCUT2D eigenvalue weighted by molar-refractivity contribution is 0.264. The molecule has 108 valence electrons. The summed E-state index contributed by atoms with van der Waals surface area (Å²) in [5.74, 6) is 0.105.